The topological polar surface area (TPSA) is 12.0 Å². The molecule has 0 saturated carbocycles. The van der Waals surface area contributed by atoms with E-state index >= 15 is 0 Å². The minimum atomic E-state index is 0. The number of aryl methyl sites for hydroxylation is 1. The van der Waals surface area contributed by atoms with Crippen LogP contribution < -0.4 is 5.32 Å². The third-order valence-corrected chi connectivity index (χ3v) is 3.28. The zero-order valence-electron chi connectivity index (χ0n) is 9.42. The Balaban J connectivity index is 0.00000112. The molecule has 0 bridgehead atoms. The molecule has 1 saturated heterocycles. The van der Waals surface area contributed by atoms with E-state index in [1.165, 1.54) is 11.1 Å². The summed E-state index contributed by atoms with van der Waals surface area (Å²) in [6.45, 7) is 8.80. The Bertz CT molecular complexity index is 316. The van der Waals surface area contributed by atoms with E-state index in [0.29, 0.717) is 0 Å². The van der Waals surface area contributed by atoms with Crippen LogP contribution in [0.25, 0.3) is 0 Å². The molecule has 0 unspecified atom stereocenters. The van der Waals surface area contributed by atoms with Crippen molar-refractivity contribution in [1.29, 1.82) is 0 Å². The molecule has 0 atom stereocenters. The third-order valence-electron chi connectivity index (χ3n) is 3.28. The van der Waals surface area contributed by atoms with Crippen molar-refractivity contribution in [2.75, 3.05) is 13.1 Å². The molecule has 1 aromatic rings. The van der Waals surface area contributed by atoms with Gasteiger partial charge in [-0.3, -0.25) is 0 Å². The van der Waals surface area contributed by atoms with Crippen LogP contribution >= 0.6 is 0 Å². The van der Waals surface area contributed by atoms with Crippen LogP contribution in [0.1, 0.15) is 24.0 Å². The number of rotatable bonds is 1. The number of piperidine rings is 1. The van der Waals surface area contributed by atoms with Gasteiger partial charge in [-0.1, -0.05) is 48.2 Å². The number of nitrogens with one attached hydrogen (secondary N) is 1. The van der Waals surface area contributed by atoms with Crippen molar-refractivity contribution in [2.24, 2.45) is 0 Å². The third kappa shape index (κ3) is 2.90. The Kier molecular flexibility index (Phi) is 4.95. The first kappa shape index (κ1) is 13.3. The molecular formula is C13H18NY-. The Morgan fingerprint density at radius 3 is 2.40 bits per heavy atom. The Hall–Kier alpha value is 0.284. The Morgan fingerprint density at radius 2 is 1.80 bits per heavy atom. The molecule has 1 aromatic carbocycles. The van der Waals surface area contributed by atoms with Crippen molar-refractivity contribution >= 4 is 0 Å². The summed E-state index contributed by atoms with van der Waals surface area (Å²) in [6.07, 6.45) is 2.30. The fourth-order valence-corrected chi connectivity index (χ4v) is 2.34. The Morgan fingerprint density at radius 1 is 1.20 bits per heavy atom. The standard InChI is InChI=1S/C13H18N.Y/c1-11-5-3-4-6-12(11)13(2)7-9-14-10-8-13;/h3-6,14H,2,7-10H2,1H3;/q-1;. The van der Waals surface area contributed by atoms with Crippen LogP contribution in [0.2, 0.25) is 0 Å². The van der Waals surface area contributed by atoms with Gasteiger partial charge in [0.25, 0.3) is 0 Å². The van der Waals surface area contributed by atoms with E-state index in [1.54, 1.807) is 0 Å². The van der Waals surface area contributed by atoms with Gasteiger partial charge in [-0.2, -0.15) is 0 Å². The van der Waals surface area contributed by atoms with E-state index in [9.17, 15) is 0 Å². The summed E-state index contributed by atoms with van der Waals surface area (Å²) in [4.78, 5) is 0. The number of hydrogen-bond acceptors (Lipinski definition) is 1. The first-order valence-electron chi connectivity index (χ1n) is 5.35. The normalized spacial score (nSPS) is 19.3. The largest absolute Gasteiger partial charge is 0.333 e. The molecule has 1 nitrogen and oxygen atoms in total. The second kappa shape index (κ2) is 5.56. The number of benzene rings is 1. The molecule has 1 aliphatic heterocycles. The van der Waals surface area contributed by atoms with Crippen LogP contribution in [-0.4, -0.2) is 13.1 Å². The molecule has 1 radical (unpaired) electrons. The second-order valence-electron chi connectivity index (χ2n) is 4.35. The fourth-order valence-electron chi connectivity index (χ4n) is 2.34. The van der Waals surface area contributed by atoms with Crippen molar-refractivity contribution in [3.63, 3.8) is 0 Å². The summed E-state index contributed by atoms with van der Waals surface area (Å²) in [5, 5.41) is 3.39. The fraction of sp³-hybridized carbons (Fsp3) is 0.462. The SMILES string of the molecule is [CH2-]C1(c2ccccc2C)CCNCC1.[Y]. The van der Waals surface area contributed by atoms with Crippen LogP contribution in [-0.2, 0) is 38.1 Å². The summed E-state index contributed by atoms with van der Waals surface area (Å²) >= 11 is 0. The zero-order valence-corrected chi connectivity index (χ0v) is 12.3. The average Bonchev–Trinajstić information content (AvgIpc) is 2.19. The molecule has 2 rings (SSSR count). The van der Waals surface area contributed by atoms with E-state index in [2.05, 4.69) is 43.4 Å². The van der Waals surface area contributed by atoms with Crippen molar-refractivity contribution in [3.05, 3.63) is 42.3 Å². The van der Waals surface area contributed by atoms with Gasteiger partial charge in [0.2, 0.25) is 0 Å². The van der Waals surface area contributed by atoms with Crippen LogP contribution in [0, 0.1) is 13.8 Å². The van der Waals surface area contributed by atoms with Gasteiger partial charge in [0.05, 0.1) is 0 Å². The van der Waals surface area contributed by atoms with Crippen LogP contribution in [0.5, 0.6) is 0 Å². The first-order chi connectivity index (χ1) is 6.72. The quantitative estimate of drug-likeness (QED) is 0.777. The first-order valence-corrected chi connectivity index (χ1v) is 5.35. The second-order valence-corrected chi connectivity index (χ2v) is 4.35. The monoisotopic (exact) mass is 277 g/mol. The molecule has 0 aliphatic carbocycles. The van der Waals surface area contributed by atoms with Gasteiger partial charge in [0.1, 0.15) is 0 Å². The van der Waals surface area contributed by atoms with Gasteiger partial charge in [0, 0.05) is 32.7 Å². The van der Waals surface area contributed by atoms with Crippen molar-refractivity contribution < 1.29 is 32.7 Å². The molecule has 1 aliphatic rings. The maximum atomic E-state index is 4.42. The van der Waals surface area contributed by atoms with Crippen molar-refractivity contribution in [3.8, 4) is 0 Å². The van der Waals surface area contributed by atoms with Gasteiger partial charge in [-0.25, -0.2) is 0 Å². The summed E-state index contributed by atoms with van der Waals surface area (Å²) in [5.74, 6) is 0. The van der Waals surface area contributed by atoms with Crippen LogP contribution in [0.15, 0.2) is 24.3 Å². The maximum Gasteiger partial charge on any atom is 0 e. The summed E-state index contributed by atoms with van der Waals surface area (Å²) in [7, 11) is 0. The smallest absolute Gasteiger partial charge is 0 e. The predicted molar refractivity (Wildman–Crippen MR) is 60.3 cm³/mol. The average molecular weight is 277 g/mol. The van der Waals surface area contributed by atoms with E-state index in [-0.39, 0.29) is 38.1 Å². The van der Waals surface area contributed by atoms with E-state index in [4.69, 9.17) is 0 Å². The van der Waals surface area contributed by atoms with E-state index in [1.807, 2.05) is 0 Å². The molecule has 1 N–H and O–H groups in total. The van der Waals surface area contributed by atoms with Gasteiger partial charge in [-0.15, -0.1) is 5.41 Å². The zero-order chi connectivity index (χ0) is 10.0. The molecule has 79 valence electrons. The molecule has 2 heteroatoms. The molecule has 0 spiro atoms. The molecule has 1 heterocycles. The van der Waals surface area contributed by atoms with Gasteiger partial charge in [0.15, 0.2) is 0 Å². The van der Waals surface area contributed by atoms with E-state index < -0.39 is 0 Å². The summed E-state index contributed by atoms with van der Waals surface area (Å²) in [6, 6.07) is 8.64. The minimum Gasteiger partial charge on any atom is -0.333 e. The van der Waals surface area contributed by atoms with Gasteiger partial charge < -0.3 is 12.2 Å². The van der Waals surface area contributed by atoms with Crippen molar-refractivity contribution in [2.45, 2.75) is 25.2 Å². The summed E-state index contributed by atoms with van der Waals surface area (Å²) < 4.78 is 0. The van der Waals surface area contributed by atoms with Gasteiger partial charge in [-0.05, 0) is 20.0 Å². The molecular weight excluding hydrogens is 259 g/mol. The predicted octanol–water partition coefficient (Wildman–Crippen LogP) is 2.45. The maximum absolute atomic E-state index is 4.42. The molecule has 0 amide bonds. The number of hydrogen-bond donors (Lipinski definition) is 1. The van der Waals surface area contributed by atoms with Gasteiger partial charge >= 0.3 is 0 Å². The summed E-state index contributed by atoms with van der Waals surface area (Å²) in [5.41, 5.74) is 2.96. The minimum absolute atomic E-state index is 0. The molecule has 15 heavy (non-hydrogen) atoms. The Labute approximate surface area is 118 Å². The van der Waals surface area contributed by atoms with E-state index in [0.717, 1.165) is 25.9 Å². The molecule has 1 fully saturated rings. The van der Waals surface area contributed by atoms with Crippen molar-refractivity contribution in [1.82, 2.24) is 5.32 Å². The van der Waals surface area contributed by atoms with Crippen LogP contribution in [0.3, 0.4) is 0 Å². The molecule has 0 aromatic heterocycles. The van der Waals surface area contributed by atoms with Crippen LogP contribution in [0.4, 0.5) is 0 Å².